The summed E-state index contributed by atoms with van der Waals surface area (Å²) in [6.45, 7) is 0. The molecule has 0 N–H and O–H groups in total. The molecule has 0 saturated carbocycles. The second kappa shape index (κ2) is 4.71. The van der Waals surface area contributed by atoms with Gasteiger partial charge in [0.05, 0.1) is 5.92 Å². The Labute approximate surface area is 117 Å². The number of hydrogen-bond donors (Lipinski definition) is 0. The highest BCUT2D eigenvalue weighted by Gasteiger charge is 2.41. The molecule has 7 heteroatoms. The van der Waals surface area contributed by atoms with Crippen molar-refractivity contribution in [1.82, 2.24) is 10.2 Å². The summed E-state index contributed by atoms with van der Waals surface area (Å²) in [4.78, 5) is 25.4. The zero-order chi connectivity index (χ0) is 13.4. The standard InChI is InChI=1S/C12H8ClN3O2S/c13-8-3-1-7(2-4-8)9-5-10(17)16(11(9)18)12-15-14-6-19-12/h1-4,6,9H,5H2. The Morgan fingerprint density at radius 2 is 2.00 bits per heavy atom. The first-order valence-electron chi connectivity index (χ1n) is 5.55. The number of anilines is 1. The van der Waals surface area contributed by atoms with Gasteiger partial charge in [-0.05, 0) is 17.7 Å². The van der Waals surface area contributed by atoms with Crippen LogP contribution in [0.4, 0.5) is 5.13 Å². The Kier molecular flexibility index (Phi) is 3.04. The van der Waals surface area contributed by atoms with Crippen molar-refractivity contribution in [3.8, 4) is 0 Å². The minimum atomic E-state index is -0.464. The number of amides is 2. The molecule has 96 valence electrons. The maximum Gasteiger partial charge on any atom is 0.243 e. The van der Waals surface area contributed by atoms with Gasteiger partial charge in [-0.15, -0.1) is 10.2 Å². The van der Waals surface area contributed by atoms with Gasteiger partial charge in [-0.2, -0.15) is 0 Å². The predicted octanol–water partition coefficient (Wildman–Crippen LogP) is 2.24. The average Bonchev–Trinajstić information content (AvgIpc) is 2.99. The van der Waals surface area contributed by atoms with E-state index in [1.807, 2.05) is 0 Å². The van der Waals surface area contributed by atoms with Crippen molar-refractivity contribution in [2.75, 3.05) is 4.90 Å². The molecule has 1 aromatic heterocycles. The summed E-state index contributed by atoms with van der Waals surface area (Å²) in [5, 5.41) is 8.35. The van der Waals surface area contributed by atoms with Crippen LogP contribution in [0.25, 0.3) is 0 Å². The number of rotatable bonds is 2. The number of aromatic nitrogens is 2. The number of carbonyl (C=O) groups excluding carboxylic acids is 2. The Morgan fingerprint density at radius 3 is 2.63 bits per heavy atom. The lowest BCUT2D eigenvalue weighted by molar-refractivity contribution is -0.121. The van der Waals surface area contributed by atoms with E-state index >= 15 is 0 Å². The van der Waals surface area contributed by atoms with Gasteiger partial charge in [0.2, 0.25) is 16.9 Å². The lowest BCUT2D eigenvalue weighted by Gasteiger charge is -2.10. The van der Waals surface area contributed by atoms with Crippen molar-refractivity contribution in [3.63, 3.8) is 0 Å². The van der Waals surface area contributed by atoms with Gasteiger partial charge in [0.15, 0.2) is 0 Å². The summed E-state index contributed by atoms with van der Waals surface area (Å²) in [6.07, 6.45) is 0.153. The first-order chi connectivity index (χ1) is 9.16. The molecule has 0 aliphatic carbocycles. The van der Waals surface area contributed by atoms with Gasteiger partial charge >= 0.3 is 0 Å². The van der Waals surface area contributed by atoms with Gasteiger partial charge in [-0.25, -0.2) is 4.90 Å². The summed E-state index contributed by atoms with van der Waals surface area (Å²) in [6, 6.07) is 6.95. The van der Waals surface area contributed by atoms with E-state index in [9.17, 15) is 9.59 Å². The highest BCUT2D eigenvalue weighted by molar-refractivity contribution is 7.13. The number of hydrogen-bond acceptors (Lipinski definition) is 5. The summed E-state index contributed by atoms with van der Waals surface area (Å²) < 4.78 is 0. The Morgan fingerprint density at radius 1 is 1.26 bits per heavy atom. The fourth-order valence-corrected chi connectivity index (χ4v) is 2.76. The van der Waals surface area contributed by atoms with E-state index in [0.717, 1.165) is 10.5 Å². The van der Waals surface area contributed by atoms with Crippen LogP contribution < -0.4 is 4.90 Å². The molecule has 2 aromatic rings. The van der Waals surface area contributed by atoms with Crippen LogP contribution in [0, 0.1) is 0 Å². The van der Waals surface area contributed by atoms with E-state index in [-0.39, 0.29) is 18.2 Å². The molecule has 1 aromatic carbocycles. The third-order valence-electron chi connectivity index (χ3n) is 2.96. The molecule has 1 fully saturated rings. The lowest BCUT2D eigenvalue weighted by Crippen LogP contribution is -2.29. The summed E-state index contributed by atoms with van der Waals surface area (Å²) in [5.41, 5.74) is 2.28. The molecule has 0 radical (unpaired) electrons. The van der Waals surface area contributed by atoms with E-state index in [1.54, 1.807) is 24.3 Å². The average molecular weight is 294 g/mol. The highest BCUT2D eigenvalue weighted by Crippen LogP contribution is 2.33. The molecule has 1 aliphatic heterocycles. The minimum absolute atomic E-state index is 0.153. The van der Waals surface area contributed by atoms with E-state index in [2.05, 4.69) is 10.2 Å². The molecular weight excluding hydrogens is 286 g/mol. The predicted molar refractivity (Wildman–Crippen MR) is 71.2 cm³/mol. The minimum Gasteiger partial charge on any atom is -0.274 e. The molecule has 1 aliphatic rings. The summed E-state index contributed by atoms with van der Waals surface area (Å²) in [7, 11) is 0. The van der Waals surface area contributed by atoms with Crippen LogP contribution in [0.15, 0.2) is 29.8 Å². The lowest BCUT2D eigenvalue weighted by atomic mass is 9.98. The third kappa shape index (κ3) is 2.13. The molecular formula is C12H8ClN3O2S. The van der Waals surface area contributed by atoms with E-state index in [0.29, 0.717) is 10.2 Å². The van der Waals surface area contributed by atoms with Crippen LogP contribution in [0.1, 0.15) is 17.9 Å². The largest absolute Gasteiger partial charge is 0.274 e. The molecule has 0 spiro atoms. The number of benzene rings is 1. The molecule has 0 bridgehead atoms. The van der Waals surface area contributed by atoms with E-state index in [4.69, 9.17) is 11.6 Å². The van der Waals surface area contributed by atoms with Gasteiger partial charge in [0, 0.05) is 11.4 Å². The van der Waals surface area contributed by atoms with E-state index < -0.39 is 5.92 Å². The fourth-order valence-electron chi connectivity index (χ4n) is 2.05. The second-order valence-electron chi connectivity index (χ2n) is 4.10. The fraction of sp³-hybridized carbons (Fsp3) is 0.167. The van der Waals surface area contributed by atoms with Crippen LogP contribution in [-0.4, -0.2) is 22.0 Å². The highest BCUT2D eigenvalue weighted by atomic mass is 35.5. The molecule has 2 amide bonds. The Balaban J connectivity index is 1.92. The second-order valence-corrected chi connectivity index (χ2v) is 5.35. The van der Waals surface area contributed by atoms with Gasteiger partial charge in [0.1, 0.15) is 5.51 Å². The van der Waals surface area contributed by atoms with Crippen LogP contribution >= 0.6 is 22.9 Å². The van der Waals surface area contributed by atoms with Crippen molar-refractivity contribution >= 4 is 39.9 Å². The van der Waals surface area contributed by atoms with Crippen LogP contribution in [0.2, 0.25) is 5.02 Å². The smallest absolute Gasteiger partial charge is 0.243 e. The monoisotopic (exact) mass is 293 g/mol. The summed E-state index contributed by atoms with van der Waals surface area (Å²) in [5.74, 6) is -0.973. The normalized spacial score (nSPS) is 19.2. The van der Waals surface area contributed by atoms with Crippen LogP contribution in [-0.2, 0) is 9.59 Å². The van der Waals surface area contributed by atoms with Crippen LogP contribution in [0.3, 0.4) is 0 Å². The van der Waals surface area contributed by atoms with Crippen molar-refractivity contribution in [2.45, 2.75) is 12.3 Å². The molecule has 1 atom stereocenters. The maximum atomic E-state index is 12.3. The van der Waals surface area contributed by atoms with Gasteiger partial charge in [-0.1, -0.05) is 35.1 Å². The first-order valence-corrected chi connectivity index (χ1v) is 6.81. The number of carbonyl (C=O) groups is 2. The van der Waals surface area contributed by atoms with Crippen LogP contribution in [0.5, 0.6) is 0 Å². The van der Waals surface area contributed by atoms with Crippen molar-refractivity contribution in [2.24, 2.45) is 0 Å². The van der Waals surface area contributed by atoms with Crippen molar-refractivity contribution in [3.05, 3.63) is 40.4 Å². The molecule has 5 nitrogen and oxygen atoms in total. The van der Waals surface area contributed by atoms with Crippen molar-refractivity contribution in [1.29, 1.82) is 0 Å². The maximum absolute atomic E-state index is 12.3. The number of halogens is 1. The van der Waals surface area contributed by atoms with Gasteiger partial charge in [-0.3, -0.25) is 9.59 Å². The molecule has 2 heterocycles. The van der Waals surface area contributed by atoms with Crippen molar-refractivity contribution < 1.29 is 9.59 Å². The zero-order valence-corrected chi connectivity index (χ0v) is 11.2. The van der Waals surface area contributed by atoms with E-state index in [1.165, 1.54) is 16.8 Å². The number of nitrogens with zero attached hydrogens (tertiary/aromatic N) is 3. The molecule has 3 rings (SSSR count). The quantitative estimate of drug-likeness (QED) is 0.797. The number of imide groups is 1. The van der Waals surface area contributed by atoms with Gasteiger partial charge < -0.3 is 0 Å². The topological polar surface area (TPSA) is 63.2 Å². The van der Waals surface area contributed by atoms with Gasteiger partial charge in [0.25, 0.3) is 0 Å². The zero-order valence-electron chi connectivity index (χ0n) is 9.62. The SMILES string of the molecule is O=C1CC(c2ccc(Cl)cc2)C(=O)N1c1nncs1. The molecule has 1 unspecified atom stereocenters. The molecule has 1 saturated heterocycles. The third-order valence-corrected chi connectivity index (χ3v) is 3.89. The Hall–Kier alpha value is -1.79. The summed E-state index contributed by atoms with van der Waals surface area (Å²) >= 11 is 6.98. The molecule has 19 heavy (non-hydrogen) atoms. The Bertz CT molecular complexity index is 627. The first kappa shape index (κ1) is 12.3.